The third kappa shape index (κ3) is 1.76. The number of hydrogen-bond acceptors (Lipinski definition) is 4. The van der Waals surface area contributed by atoms with Crippen molar-refractivity contribution >= 4 is 0 Å². The van der Waals surface area contributed by atoms with E-state index in [1.807, 2.05) is 0 Å². The number of alkyl halides is 2. The van der Waals surface area contributed by atoms with E-state index in [1.54, 1.807) is 24.3 Å². The zero-order chi connectivity index (χ0) is 12.8. The lowest BCUT2D eigenvalue weighted by Gasteiger charge is -2.45. The number of nitrogens with two attached hydrogens (primary N) is 1. The minimum absolute atomic E-state index is 0.324. The predicted molar refractivity (Wildman–Crippen MR) is 59.7 cm³/mol. The Morgan fingerprint density at radius 2 is 2.06 bits per heavy atom. The van der Waals surface area contributed by atoms with Crippen molar-refractivity contribution in [2.45, 2.75) is 24.3 Å². The van der Waals surface area contributed by atoms with Crippen LogP contribution in [0.3, 0.4) is 0 Å². The molecule has 1 aromatic carbocycles. The molecular weight excluding hydrogens is 240 g/mol. The van der Waals surface area contributed by atoms with Crippen LogP contribution in [0, 0.1) is 0 Å². The lowest BCUT2D eigenvalue weighted by molar-refractivity contribution is -0.125. The molecule has 94 valence electrons. The molecule has 0 spiro atoms. The maximum atomic E-state index is 13.0. The molecule has 0 bridgehead atoms. The second-order valence-electron chi connectivity index (χ2n) is 4.68. The number of tetrazole rings is 1. The standard InChI is InChI=1S/C11H11F2N5/c12-11(13)5-10(14,6-11)8-3-1-2-7(4-8)9-15-17-18-16-9/h1-4H,5-6,14H2,(H,15,16,17,18). The number of nitrogens with one attached hydrogen (secondary N) is 1. The highest BCUT2D eigenvalue weighted by Crippen LogP contribution is 2.50. The number of aromatic amines is 1. The second-order valence-corrected chi connectivity index (χ2v) is 4.68. The third-order valence-corrected chi connectivity index (χ3v) is 3.19. The van der Waals surface area contributed by atoms with Gasteiger partial charge in [0.25, 0.3) is 5.92 Å². The Kier molecular flexibility index (Phi) is 2.21. The first-order chi connectivity index (χ1) is 8.49. The zero-order valence-electron chi connectivity index (χ0n) is 9.40. The third-order valence-electron chi connectivity index (χ3n) is 3.19. The van der Waals surface area contributed by atoms with Crippen molar-refractivity contribution in [1.82, 2.24) is 20.6 Å². The van der Waals surface area contributed by atoms with E-state index < -0.39 is 11.5 Å². The number of benzene rings is 1. The van der Waals surface area contributed by atoms with E-state index in [-0.39, 0.29) is 12.8 Å². The smallest absolute Gasteiger partial charge is 0.252 e. The first-order valence-corrected chi connectivity index (χ1v) is 5.50. The van der Waals surface area contributed by atoms with Crippen LogP contribution < -0.4 is 5.73 Å². The van der Waals surface area contributed by atoms with Gasteiger partial charge in [-0.15, -0.1) is 10.2 Å². The fraction of sp³-hybridized carbons (Fsp3) is 0.364. The molecule has 18 heavy (non-hydrogen) atoms. The van der Waals surface area contributed by atoms with Crippen LogP contribution in [0.5, 0.6) is 0 Å². The molecule has 0 aliphatic heterocycles. The second kappa shape index (κ2) is 3.55. The van der Waals surface area contributed by atoms with Crippen molar-refractivity contribution in [2.75, 3.05) is 0 Å². The average Bonchev–Trinajstić information content (AvgIpc) is 2.80. The molecule has 3 rings (SSSR count). The van der Waals surface area contributed by atoms with Crippen molar-refractivity contribution in [3.63, 3.8) is 0 Å². The van der Waals surface area contributed by atoms with Crippen molar-refractivity contribution in [3.8, 4) is 11.4 Å². The van der Waals surface area contributed by atoms with Gasteiger partial charge in [-0.25, -0.2) is 8.78 Å². The molecule has 2 aromatic rings. The number of rotatable bonds is 2. The lowest BCUT2D eigenvalue weighted by Crippen LogP contribution is -2.55. The van der Waals surface area contributed by atoms with Gasteiger partial charge in [0.15, 0.2) is 0 Å². The van der Waals surface area contributed by atoms with E-state index in [0.29, 0.717) is 17.0 Å². The highest BCUT2D eigenvalue weighted by molar-refractivity contribution is 5.56. The highest BCUT2D eigenvalue weighted by Gasteiger charge is 2.55. The largest absolute Gasteiger partial charge is 0.321 e. The predicted octanol–water partition coefficient (Wildman–Crippen LogP) is 1.45. The SMILES string of the molecule is NC1(c2cccc(-c3nn[nH]n3)c2)CC(F)(F)C1. The molecule has 0 radical (unpaired) electrons. The lowest BCUT2D eigenvalue weighted by atomic mass is 9.69. The van der Waals surface area contributed by atoms with Gasteiger partial charge in [-0.2, -0.15) is 5.21 Å². The van der Waals surface area contributed by atoms with Crippen LogP contribution in [0.4, 0.5) is 8.78 Å². The van der Waals surface area contributed by atoms with E-state index >= 15 is 0 Å². The summed E-state index contributed by atoms with van der Waals surface area (Å²) in [7, 11) is 0. The van der Waals surface area contributed by atoms with E-state index in [9.17, 15) is 8.78 Å². The van der Waals surface area contributed by atoms with Crippen LogP contribution in [0.2, 0.25) is 0 Å². The summed E-state index contributed by atoms with van der Waals surface area (Å²) in [5.74, 6) is -2.23. The Balaban J connectivity index is 1.93. The molecule has 3 N–H and O–H groups in total. The quantitative estimate of drug-likeness (QED) is 0.846. The summed E-state index contributed by atoms with van der Waals surface area (Å²) in [5, 5.41) is 13.5. The Bertz CT molecular complexity index is 559. The van der Waals surface area contributed by atoms with Crippen molar-refractivity contribution < 1.29 is 8.78 Å². The van der Waals surface area contributed by atoms with Crippen molar-refractivity contribution in [1.29, 1.82) is 0 Å². The number of nitrogens with zero attached hydrogens (tertiary/aromatic N) is 3. The summed E-state index contributed by atoms with van der Waals surface area (Å²) in [5.41, 5.74) is 6.41. The first kappa shape index (κ1) is 11.2. The fourth-order valence-corrected chi connectivity index (χ4v) is 2.33. The van der Waals surface area contributed by atoms with Crippen LogP contribution in [0.25, 0.3) is 11.4 Å². The minimum atomic E-state index is -2.66. The number of aromatic nitrogens is 4. The van der Waals surface area contributed by atoms with E-state index in [0.717, 1.165) is 0 Å². The van der Waals surface area contributed by atoms with Gasteiger partial charge < -0.3 is 5.73 Å². The summed E-state index contributed by atoms with van der Waals surface area (Å²) in [4.78, 5) is 0. The maximum Gasteiger partial charge on any atom is 0.252 e. The Hall–Kier alpha value is -1.89. The molecule has 0 atom stereocenters. The molecular formula is C11H11F2N5. The summed E-state index contributed by atoms with van der Waals surface area (Å²) in [6.45, 7) is 0. The number of H-pyrrole nitrogens is 1. The van der Waals surface area contributed by atoms with E-state index in [1.165, 1.54) is 0 Å². The first-order valence-electron chi connectivity index (χ1n) is 5.50. The van der Waals surface area contributed by atoms with Gasteiger partial charge in [0.1, 0.15) is 0 Å². The van der Waals surface area contributed by atoms with E-state index in [4.69, 9.17) is 5.73 Å². The van der Waals surface area contributed by atoms with Gasteiger partial charge in [0, 0.05) is 18.4 Å². The van der Waals surface area contributed by atoms with E-state index in [2.05, 4.69) is 20.6 Å². The summed E-state index contributed by atoms with van der Waals surface area (Å²) < 4.78 is 25.9. The Morgan fingerprint density at radius 1 is 1.28 bits per heavy atom. The fourth-order valence-electron chi connectivity index (χ4n) is 2.33. The Labute approximate surface area is 101 Å². The highest BCUT2D eigenvalue weighted by atomic mass is 19.3. The molecule has 1 aromatic heterocycles. The molecule has 0 amide bonds. The van der Waals surface area contributed by atoms with Gasteiger partial charge in [-0.05, 0) is 16.8 Å². The number of halogens is 2. The van der Waals surface area contributed by atoms with Gasteiger partial charge in [0.05, 0.1) is 5.54 Å². The molecule has 1 aliphatic carbocycles. The number of hydrogen-bond donors (Lipinski definition) is 2. The molecule has 1 heterocycles. The topological polar surface area (TPSA) is 80.5 Å². The van der Waals surface area contributed by atoms with Crippen LogP contribution in [-0.4, -0.2) is 26.5 Å². The molecule has 0 unspecified atom stereocenters. The Morgan fingerprint density at radius 3 is 2.67 bits per heavy atom. The molecule has 1 saturated carbocycles. The van der Waals surface area contributed by atoms with Crippen molar-refractivity contribution in [2.24, 2.45) is 5.73 Å². The van der Waals surface area contributed by atoms with Crippen LogP contribution in [0.15, 0.2) is 24.3 Å². The zero-order valence-corrected chi connectivity index (χ0v) is 9.40. The average molecular weight is 251 g/mol. The summed E-state index contributed by atoms with van der Waals surface area (Å²) >= 11 is 0. The molecule has 7 heteroatoms. The van der Waals surface area contributed by atoms with Gasteiger partial charge >= 0.3 is 0 Å². The summed E-state index contributed by atoms with van der Waals surface area (Å²) in [6, 6.07) is 7.03. The normalized spacial score (nSPS) is 20.4. The van der Waals surface area contributed by atoms with Crippen molar-refractivity contribution in [3.05, 3.63) is 29.8 Å². The van der Waals surface area contributed by atoms with Gasteiger partial charge in [-0.3, -0.25) is 0 Å². The summed E-state index contributed by atoms with van der Waals surface area (Å²) in [6.07, 6.45) is -0.647. The maximum absolute atomic E-state index is 13.0. The minimum Gasteiger partial charge on any atom is -0.321 e. The van der Waals surface area contributed by atoms with Crippen LogP contribution in [-0.2, 0) is 5.54 Å². The molecule has 0 saturated heterocycles. The van der Waals surface area contributed by atoms with Crippen LogP contribution >= 0.6 is 0 Å². The molecule has 1 fully saturated rings. The van der Waals surface area contributed by atoms with Gasteiger partial charge in [0.2, 0.25) is 5.82 Å². The molecule has 5 nitrogen and oxygen atoms in total. The molecule has 1 aliphatic rings. The van der Waals surface area contributed by atoms with Crippen LogP contribution in [0.1, 0.15) is 18.4 Å². The monoisotopic (exact) mass is 251 g/mol. The van der Waals surface area contributed by atoms with Gasteiger partial charge in [-0.1, -0.05) is 18.2 Å².